The molecule has 0 amide bonds. The highest BCUT2D eigenvalue weighted by Crippen LogP contribution is 2.22. The van der Waals surface area contributed by atoms with Gasteiger partial charge in [-0.3, -0.25) is 0 Å². The third-order valence-corrected chi connectivity index (χ3v) is 3.16. The van der Waals surface area contributed by atoms with E-state index in [4.69, 9.17) is 16.9 Å². The van der Waals surface area contributed by atoms with Crippen molar-refractivity contribution in [3.8, 4) is 6.07 Å². The summed E-state index contributed by atoms with van der Waals surface area (Å²) in [5.41, 5.74) is 1.05. The Hall–Kier alpha value is -1.25. The molecule has 0 aliphatic carbocycles. The second kappa shape index (κ2) is 5.19. The standard InChI is InChI=1S/C10H11ClN2O2S/c1-16(14,15)5-4-13-10-6-8(7-12)2-3-9(10)11/h2-3,6,13H,4-5H2,1H3. The Morgan fingerprint density at radius 1 is 1.50 bits per heavy atom. The number of rotatable bonds is 4. The van der Waals surface area contributed by atoms with E-state index in [0.29, 0.717) is 16.3 Å². The molecule has 0 saturated heterocycles. The maximum absolute atomic E-state index is 10.9. The van der Waals surface area contributed by atoms with Crippen LogP contribution in [0.25, 0.3) is 0 Å². The Morgan fingerprint density at radius 3 is 2.75 bits per heavy atom. The van der Waals surface area contributed by atoms with E-state index in [1.165, 1.54) is 6.26 Å². The SMILES string of the molecule is CS(=O)(=O)CCNc1cc(C#N)ccc1Cl. The number of anilines is 1. The quantitative estimate of drug-likeness (QED) is 0.892. The van der Waals surface area contributed by atoms with E-state index >= 15 is 0 Å². The van der Waals surface area contributed by atoms with Crippen LogP contribution < -0.4 is 5.32 Å². The van der Waals surface area contributed by atoms with Gasteiger partial charge in [0.05, 0.1) is 28.1 Å². The Kier molecular flexibility index (Phi) is 4.16. The first kappa shape index (κ1) is 12.8. The Morgan fingerprint density at radius 2 is 2.19 bits per heavy atom. The van der Waals surface area contributed by atoms with Crippen LogP contribution in [0.2, 0.25) is 5.02 Å². The Balaban J connectivity index is 2.71. The highest BCUT2D eigenvalue weighted by atomic mass is 35.5. The van der Waals surface area contributed by atoms with Crippen molar-refractivity contribution in [3.63, 3.8) is 0 Å². The molecule has 0 fully saturated rings. The van der Waals surface area contributed by atoms with Crippen LogP contribution in [0.1, 0.15) is 5.56 Å². The van der Waals surface area contributed by atoms with Gasteiger partial charge in [-0.05, 0) is 18.2 Å². The first-order chi connectivity index (χ1) is 7.42. The van der Waals surface area contributed by atoms with Crippen LogP contribution in [0.15, 0.2) is 18.2 Å². The van der Waals surface area contributed by atoms with Crippen LogP contribution in [0, 0.1) is 11.3 Å². The molecule has 0 heterocycles. The zero-order valence-corrected chi connectivity index (χ0v) is 10.3. The topological polar surface area (TPSA) is 70.0 Å². The van der Waals surface area contributed by atoms with E-state index in [9.17, 15) is 8.42 Å². The highest BCUT2D eigenvalue weighted by molar-refractivity contribution is 7.90. The van der Waals surface area contributed by atoms with Crippen molar-refractivity contribution in [2.24, 2.45) is 0 Å². The summed E-state index contributed by atoms with van der Waals surface area (Å²) < 4.78 is 21.8. The summed E-state index contributed by atoms with van der Waals surface area (Å²) in [6.07, 6.45) is 1.17. The summed E-state index contributed by atoms with van der Waals surface area (Å²) >= 11 is 5.88. The molecule has 0 aliphatic rings. The van der Waals surface area contributed by atoms with Crippen molar-refractivity contribution >= 4 is 27.1 Å². The van der Waals surface area contributed by atoms with Crippen LogP contribution in [0.4, 0.5) is 5.69 Å². The van der Waals surface area contributed by atoms with Gasteiger partial charge in [0.1, 0.15) is 9.84 Å². The Bertz CT molecular complexity index is 520. The maximum atomic E-state index is 10.9. The number of hydrogen-bond acceptors (Lipinski definition) is 4. The van der Waals surface area contributed by atoms with E-state index < -0.39 is 9.84 Å². The van der Waals surface area contributed by atoms with Crippen molar-refractivity contribution in [2.75, 3.05) is 23.9 Å². The van der Waals surface area contributed by atoms with Gasteiger partial charge in [-0.15, -0.1) is 0 Å². The average molecular weight is 259 g/mol. The summed E-state index contributed by atoms with van der Waals surface area (Å²) in [5.74, 6) is 0.0279. The van der Waals surface area contributed by atoms with E-state index in [2.05, 4.69) is 5.32 Å². The fourth-order valence-electron chi connectivity index (χ4n) is 1.10. The molecule has 6 heteroatoms. The second-order valence-corrected chi connectivity index (χ2v) is 6.03. The fraction of sp³-hybridized carbons (Fsp3) is 0.300. The summed E-state index contributed by atoms with van der Waals surface area (Å²) in [6, 6.07) is 6.77. The monoisotopic (exact) mass is 258 g/mol. The zero-order chi connectivity index (χ0) is 12.2. The minimum absolute atomic E-state index is 0.0279. The molecule has 1 aromatic carbocycles. The van der Waals surface area contributed by atoms with Crippen LogP contribution in [0.3, 0.4) is 0 Å². The molecule has 0 aromatic heterocycles. The molecule has 4 nitrogen and oxygen atoms in total. The number of halogens is 1. The molecule has 1 N–H and O–H groups in total. The van der Waals surface area contributed by atoms with E-state index in [-0.39, 0.29) is 12.3 Å². The predicted octanol–water partition coefficient (Wildman–Crippen LogP) is 1.67. The van der Waals surface area contributed by atoms with Gasteiger partial charge in [-0.1, -0.05) is 11.6 Å². The second-order valence-electron chi connectivity index (χ2n) is 3.36. The molecule has 0 aliphatic heterocycles. The lowest BCUT2D eigenvalue weighted by Gasteiger charge is -2.07. The fourth-order valence-corrected chi connectivity index (χ4v) is 1.76. The lowest BCUT2D eigenvalue weighted by Crippen LogP contribution is -2.14. The van der Waals surface area contributed by atoms with Crippen LogP contribution in [-0.2, 0) is 9.84 Å². The van der Waals surface area contributed by atoms with Gasteiger partial charge in [-0.2, -0.15) is 5.26 Å². The molecular formula is C10H11ClN2O2S. The van der Waals surface area contributed by atoms with Crippen molar-refractivity contribution in [3.05, 3.63) is 28.8 Å². The summed E-state index contributed by atoms with van der Waals surface area (Å²) in [7, 11) is -2.99. The summed E-state index contributed by atoms with van der Waals surface area (Å²) in [4.78, 5) is 0. The molecular weight excluding hydrogens is 248 g/mol. The van der Waals surface area contributed by atoms with Gasteiger partial charge < -0.3 is 5.32 Å². The minimum atomic E-state index is -2.99. The largest absolute Gasteiger partial charge is 0.383 e. The number of nitriles is 1. The van der Waals surface area contributed by atoms with Crippen LogP contribution in [0.5, 0.6) is 0 Å². The number of hydrogen-bond donors (Lipinski definition) is 1. The molecule has 0 bridgehead atoms. The normalized spacial score (nSPS) is 10.8. The Labute approximate surface area is 99.8 Å². The molecule has 86 valence electrons. The maximum Gasteiger partial charge on any atom is 0.149 e. The number of sulfone groups is 1. The van der Waals surface area contributed by atoms with Crippen molar-refractivity contribution in [1.29, 1.82) is 5.26 Å². The molecule has 1 aromatic rings. The minimum Gasteiger partial charge on any atom is -0.383 e. The number of nitrogens with zero attached hydrogens (tertiary/aromatic N) is 1. The van der Waals surface area contributed by atoms with Crippen molar-refractivity contribution < 1.29 is 8.42 Å². The third kappa shape index (κ3) is 4.09. The molecule has 0 unspecified atom stereocenters. The predicted molar refractivity (Wildman–Crippen MR) is 64.4 cm³/mol. The lowest BCUT2D eigenvalue weighted by atomic mass is 10.2. The summed E-state index contributed by atoms with van der Waals surface area (Å²) in [5, 5.41) is 12.0. The molecule has 0 spiro atoms. The molecule has 0 atom stereocenters. The highest BCUT2D eigenvalue weighted by Gasteiger charge is 2.04. The van der Waals surface area contributed by atoms with Gasteiger partial charge in [-0.25, -0.2) is 8.42 Å². The van der Waals surface area contributed by atoms with Crippen LogP contribution in [-0.4, -0.2) is 27.0 Å². The lowest BCUT2D eigenvalue weighted by molar-refractivity contribution is 0.602. The van der Waals surface area contributed by atoms with Gasteiger partial charge in [0.25, 0.3) is 0 Å². The number of benzene rings is 1. The molecule has 1 rings (SSSR count). The summed E-state index contributed by atoms with van der Waals surface area (Å²) in [6.45, 7) is 0.271. The number of nitrogens with one attached hydrogen (secondary N) is 1. The molecule has 16 heavy (non-hydrogen) atoms. The van der Waals surface area contributed by atoms with E-state index in [1.807, 2.05) is 6.07 Å². The van der Waals surface area contributed by atoms with Crippen molar-refractivity contribution in [2.45, 2.75) is 0 Å². The molecule has 0 saturated carbocycles. The van der Waals surface area contributed by atoms with E-state index in [1.54, 1.807) is 18.2 Å². The molecule has 0 radical (unpaired) electrons. The zero-order valence-electron chi connectivity index (χ0n) is 8.70. The third-order valence-electron chi connectivity index (χ3n) is 1.88. The van der Waals surface area contributed by atoms with E-state index in [0.717, 1.165) is 0 Å². The average Bonchev–Trinajstić information content (AvgIpc) is 2.19. The first-order valence-electron chi connectivity index (χ1n) is 4.53. The smallest absolute Gasteiger partial charge is 0.149 e. The van der Waals surface area contributed by atoms with Gasteiger partial charge in [0.2, 0.25) is 0 Å². The van der Waals surface area contributed by atoms with Gasteiger partial charge in [0, 0.05) is 12.8 Å². The first-order valence-corrected chi connectivity index (χ1v) is 6.97. The van der Waals surface area contributed by atoms with Gasteiger partial charge >= 0.3 is 0 Å². The van der Waals surface area contributed by atoms with Crippen molar-refractivity contribution in [1.82, 2.24) is 0 Å². The van der Waals surface area contributed by atoms with Gasteiger partial charge in [0.15, 0.2) is 0 Å². The van der Waals surface area contributed by atoms with Crippen LogP contribution >= 0.6 is 11.6 Å².